The third kappa shape index (κ3) is 2.10. The number of ether oxygens (including phenoxy) is 1. The van der Waals surface area contributed by atoms with Crippen molar-refractivity contribution in [2.45, 2.75) is 26.7 Å². The van der Waals surface area contributed by atoms with E-state index in [-0.39, 0.29) is 0 Å². The molecule has 1 aromatic carbocycles. The Morgan fingerprint density at radius 1 is 1.39 bits per heavy atom. The number of benzene rings is 1. The zero-order chi connectivity index (χ0) is 13.3. The standard InChI is InChI=1S/C14H17ClN2O/c1-4-5-9-6-10-8(2)11(15)7-12(18-3)13(10)17-14(9)16/h6-7H,4-5H2,1-3H3,(H2,16,17). The minimum absolute atomic E-state index is 0.573. The summed E-state index contributed by atoms with van der Waals surface area (Å²) in [7, 11) is 1.61. The number of aromatic nitrogens is 1. The Balaban J connectivity index is 2.78. The highest BCUT2D eigenvalue weighted by molar-refractivity contribution is 6.32. The molecule has 96 valence electrons. The van der Waals surface area contributed by atoms with E-state index in [1.54, 1.807) is 13.2 Å². The van der Waals surface area contributed by atoms with Gasteiger partial charge in [-0.1, -0.05) is 24.9 Å². The summed E-state index contributed by atoms with van der Waals surface area (Å²) in [4.78, 5) is 4.46. The molecule has 4 heteroatoms. The zero-order valence-electron chi connectivity index (χ0n) is 10.9. The van der Waals surface area contributed by atoms with Crippen LogP contribution in [0.15, 0.2) is 12.1 Å². The van der Waals surface area contributed by atoms with E-state index in [1.807, 2.05) is 6.92 Å². The summed E-state index contributed by atoms with van der Waals surface area (Å²) in [5.41, 5.74) is 8.84. The summed E-state index contributed by atoms with van der Waals surface area (Å²) in [6.07, 6.45) is 1.96. The molecule has 0 aliphatic heterocycles. The molecule has 2 rings (SSSR count). The van der Waals surface area contributed by atoms with Crippen LogP contribution in [0.5, 0.6) is 5.75 Å². The lowest BCUT2D eigenvalue weighted by Crippen LogP contribution is -2.00. The number of anilines is 1. The van der Waals surface area contributed by atoms with Crippen molar-refractivity contribution in [1.82, 2.24) is 4.98 Å². The average molecular weight is 265 g/mol. The number of hydrogen-bond donors (Lipinski definition) is 1. The highest BCUT2D eigenvalue weighted by atomic mass is 35.5. The Morgan fingerprint density at radius 3 is 2.72 bits per heavy atom. The fourth-order valence-electron chi connectivity index (χ4n) is 2.09. The van der Waals surface area contributed by atoms with E-state index in [0.29, 0.717) is 16.6 Å². The smallest absolute Gasteiger partial charge is 0.146 e. The first-order valence-electron chi connectivity index (χ1n) is 6.00. The van der Waals surface area contributed by atoms with Gasteiger partial charge in [0.2, 0.25) is 0 Å². The summed E-state index contributed by atoms with van der Waals surface area (Å²) < 4.78 is 5.32. The molecule has 0 unspecified atom stereocenters. The number of nitrogen functional groups attached to an aromatic ring is 1. The summed E-state index contributed by atoms with van der Waals surface area (Å²) in [6, 6.07) is 3.86. The first-order chi connectivity index (χ1) is 8.58. The number of hydrogen-bond acceptors (Lipinski definition) is 3. The number of rotatable bonds is 3. The Bertz CT molecular complexity index is 596. The molecule has 0 aliphatic carbocycles. The Hall–Kier alpha value is -1.48. The largest absolute Gasteiger partial charge is 0.494 e. The van der Waals surface area contributed by atoms with Crippen LogP contribution in [0.1, 0.15) is 24.5 Å². The molecule has 1 heterocycles. The fraction of sp³-hybridized carbons (Fsp3) is 0.357. The number of nitrogens with two attached hydrogens (primary N) is 1. The number of aryl methyl sites for hydroxylation is 2. The molecule has 0 saturated heterocycles. The molecule has 1 aromatic heterocycles. The van der Waals surface area contributed by atoms with Crippen LogP contribution in [0.2, 0.25) is 5.02 Å². The van der Waals surface area contributed by atoms with Gasteiger partial charge in [-0.2, -0.15) is 0 Å². The van der Waals surface area contributed by atoms with Crippen molar-refractivity contribution in [3.63, 3.8) is 0 Å². The quantitative estimate of drug-likeness (QED) is 0.919. The average Bonchev–Trinajstić information content (AvgIpc) is 2.36. The summed E-state index contributed by atoms with van der Waals surface area (Å²) in [6.45, 7) is 4.10. The van der Waals surface area contributed by atoms with Gasteiger partial charge >= 0.3 is 0 Å². The zero-order valence-corrected chi connectivity index (χ0v) is 11.6. The lowest BCUT2D eigenvalue weighted by atomic mass is 10.0. The molecule has 0 spiro atoms. The topological polar surface area (TPSA) is 48.1 Å². The molecule has 0 radical (unpaired) electrons. The molecule has 0 amide bonds. The van der Waals surface area contributed by atoms with Crippen molar-refractivity contribution >= 4 is 28.3 Å². The fourth-order valence-corrected chi connectivity index (χ4v) is 2.29. The van der Waals surface area contributed by atoms with Gasteiger partial charge in [0.1, 0.15) is 17.1 Å². The second-order valence-electron chi connectivity index (χ2n) is 4.36. The van der Waals surface area contributed by atoms with Gasteiger partial charge < -0.3 is 10.5 Å². The van der Waals surface area contributed by atoms with Gasteiger partial charge in [0, 0.05) is 16.5 Å². The Labute approximate surface area is 112 Å². The van der Waals surface area contributed by atoms with Crippen molar-refractivity contribution in [1.29, 1.82) is 0 Å². The van der Waals surface area contributed by atoms with Gasteiger partial charge in [0.25, 0.3) is 0 Å². The SMILES string of the molecule is CCCc1cc2c(C)c(Cl)cc(OC)c2nc1N. The molecular formula is C14H17ClN2O. The molecule has 18 heavy (non-hydrogen) atoms. The number of pyridine rings is 1. The molecule has 3 nitrogen and oxygen atoms in total. The maximum atomic E-state index is 6.20. The van der Waals surface area contributed by atoms with E-state index < -0.39 is 0 Å². The Kier molecular flexibility index (Phi) is 3.62. The molecule has 2 aromatic rings. The van der Waals surface area contributed by atoms with Crippen molar-refractivity contribution in [2.24, 2.45) is 0 Å². The van der Waals surface area contributed by atoms with E-state index >= 15 is 0 Å². The highest BCUT2D eigenvalue weighted by Gasteiger charge is 2.12. The van der Waals surface area contributed by atoms with E-state index in [4.69, 9.17) is 22.1 Å². The second-order valence-corrected chi connectivity index (χ2v) is 4.77. The van der Waals surface area contributed by atoms with Crippen LogP contribution in [0, 0.1) is 6.92 Å². The predicted octanol–water partition coefficient (Wildman–Crippen LogP) is 3.74. The van der Waals surface area contributed by atoms with Crippen LogP contribution in [0.25, 0.3) is 10.9 Å². The van der Waals surface area contributed by atoms with Crippen molar-refractivity contribution in [2.75, 3.05) is 12.8 Å². The first kappa shape index (κ1) is 13.0. The molecule has 0 atom stereocenters. The third-order valence-corrected chi connectivity index (χ3v) is 3.52. The number of fused-ring (bicyclic) bond motifs is 1. The molecule has 0 fully saturated rings. The van der Waals surface area contributed by atoms with E-state index in [1.165, 1.54) is 0 Å². The number of nitrogens with zero attached hydrogens (tertiary/aromatic N) is 1. The normalized spacial score (nSPS) is 10.9. The third-order valence-electron chi connectivity index (χ3n) is 3.13. The molecular weight excluding hydrogens is 248 g/mol. The van der Waals surface area contributed by atoms with Crippen LogP contribution < -0.4 is 10.5 Å². The van der Waals surface area contributed by atoms with Crippen LogP contribution in [-0.2, 0) is 6.42 Å². The second kappa shape index (κ2) is 5.02. The molecule has 2 N–H and O–H groups in total. The monoisotopic (exact) mass is 264 g/mol. The minimum Gasteiger partial charge on any atom is -0.494 e. The van der Waals surface area contributed by atoms with Gasteiger partial charge in [0.05, 0.1) is 7.11 Å². The van der Waals surface area contributed by atoms with Gasteiger partial charge in [0.15, 0.2) is 0 Å². The van der Waals surface area contributed by atoms with Crippen LogP contribution >= 0.6 is 11.6 Å². The van der Waals surface area contributed by atoms with Crippen LogP contribution in [0.3, 0.4) is 0 Å². The van der Waals surface area contributed by atoms with Gasteiger partial charge in [-0.05, 0) is 30.5 Å². The Morgan fingerprint density at radius 2 is 2.11 bits per heavy atom. The lowest BCUT2D eigenvalue weighted by Gasteiger charge is -2.12. The van der Waals surface area contributed by atoms with Crippen molar-refractivity contribution in [3.8, 4) is 5.75 Å². The molecule has 0 aliphatic rings. The highest BCUT2D eigenvalue weighted by Crippen LogP contribution is 2.34. The minimum atomic E-state index is 0.573. The summed E-state index contributed by atoms with van der Waals surface area (Å²) in [5.74, 6) is 1.24. The maximum absolute atomic E-state index is 6.20. The summed E-state index contributed by atoms with van der Waals surface area (Å²) >= 11 is 6.20. The van der Waals surface area contributed by atoms with E-state index in [2.05, 4.69) is 18.0 Å². The molecule has 0 bridgehead atoms. The predicted molar refractivity (Wildman–Crippen MR) is 76.4 cm³/mol. The van der Waals surface area contributed by atoms with Crippen molar-refractivity contribution < 1.29 is 4.74 Å². The van der Waals surface area contributed by atoms with E-state index in [9.17, 15) is 0 Å². The summed E-state index contributed by atoms with van der Waals surface area (Å²) in [5, 5.41) is 1.70. The van der Waals surface area contributed by atoms with Crippen LogP contribution in [-0.4, -0.2) is 12.1 Å². The van der Waals surface area contributed by atoms with Crippen molar-refractivity contribution in [3.05, 3.63) is 28.3 Å². The van der Waals surface area contributed by atoms with E-state index in [0.717, 1.165) is 34.9 Å². The lowest BCUT2D eigenvalue weighted by molar-refractivity contribution is 0.419. The van der Waals surface area contributed by atoms with Crippen LogP contribution in [0.4, 0.5) is 5.82 Å². The molecule has 0 saturated carbocycles. The van der Waals surface area contributed by atoms with Gasteiger partial charge in [-0.25, -0.2) is 4.98 Å². The number of methoxy groups -OCH3 is 1. The maximum Gasteiger partial charge on any atom is 0.146 e. The first-order valence-corrected chi connectivity index (χ1v) is 6.38. The van der Waals surface area contributed by atoms with Gasteiger partial charge in [-0.3, -0.25) is 0 Å². The van der Waals surface area contributed by atoms with Gasteiger partial charge in [-0.15, -0.1) is 0 Å². The number of halogens is 1.